The number of aliphatic hydroxyl groups is 1. The second-order valence-corrected chi connectivity index (χ2v) is 9.03. The van der Waals surface area contributed by atoms with E-state index in [0.717, 1.165) is 19.3 Å². The van der Waals surface area contributed by atoms with Gasteiger partial charge in [0.2, 0.25) is 17.7 Å². The summed E-state index contributed by atoms with van der Waals surface area (Å²) in [6.45, 7) is 4.86. The monoisotopic (exact) mass is 459 g/mol. The number of ether oxygens (including phenoxy) is 1. The average molecular weight is 460 g/mol. The fourth-order valence-electron chi connectivity index (χ4n) is 4.93. The van der Waals surface area contributed by atoms with Crippen molar-refractivity contribution < 1.29 is 24.2 Å². The van der Waals surface area contributed by atoms with Gasteiger partial charge in [-0.25, -0.2) is 0 Å². The van der Waals surface area contributed by atoms with Crippen LogP contribution in [0.3, 0.4) is 0 Å². The summed E-state index contributed by atoms with van der Waals surface area (Å²) in [7, 11) is 0. The van der Waals surface area contributed by atoms with Crippen LogP contribution in [0.5, 0.6) is 0 Å². The lowest BCUT2D eigenvalue weighted by molar-refractivity contribution is -0.142. The molecular weight excluding hydrogens is 430 g/mol. The van der Waals surface area contributed by atoms with Crippen LogP contribution in [0, 0.1) is 11.8 Å². The molecule has 6 atom stereocenters. The van der Waals surface area contributed by atoms with Crippen molar-refractivity contribution >= 4 is 33.7 Å². The summed E-state index contributed by atoms with van der Waals surface area (Å²) in [6, 6.07) is -0.831. The van der Waals surface area contributed by atoms with E-state index in [2.05, 4.69) is 26.6 Å². The molecule has 0 aromatic carbocycles. The molecule has 3 aliphatic rings. The summed E-state index contributed by atoms with van der Waals surface area (Å²) in [4.78, 5) is 40.5. The molecular formula is C19H30BrN3O5. The fourth-order valence-corrected chi connectivity index (χ4v) is 5.87. The minimum absolute atomic E-state index is 0.0488. The molecule has 2 bridgehead atoms. The third-order valence-electron chi connectivity index (χ3n) is 6.06. The first kappa shape index (κ1) is 21.5. The third-order valence-corrected chi connectivity index (χ3v) is 6.90. The molecule has 0 radical (unpaired) electrons. The van der Waals surface area contributed by atoms with Crippen LogP contribution >= 0.6 is 15.9 Å². The predicted octanol–water partition coefficient (Wildman–Crippen LogP) is 0.169. The molecule has 0 aromatic heterocycles. The van der Waals surface area contributed by atoms with Crippen molar-refractivity contribution in [3.63, 3.8) is 0 Å². The molecule has 3 aliphatic heterocycles. The van der Waals surface area contributed by atoms with E-state index in [9.17, 15) is 19.5 Å². The lowest BCUT2D eigenvalue weighted by Crippen LogP contribution is -2.56. The summed E-state index contributed by atoms with van der Waals surface area (Å²) in [5, 5.41) is 15.3. The first-order valence-electron chi connectivity index (χ1n) is 10.2. The molecule has 0 aliphatic carbocycles. The quantitative estimate of drug-likeness (QED) is 0.336. The number of amides is 3. The van der Waals surface area contributed by atoms with Crippen molar-refractivity contribution in [2.75, 3.05) is 26.2 Å². The smallest absolute Gasteiger partial charge is 0.245 e. The van der Waals surface area contributed by atoms with Crippen LogP contribution in [0.25, 0.3) is 0 Å². The Labute approximate surface area is 173 Å². The van der Waals surface area contributed by atoms with Crippen LogP contribution < -0.4 is 10.6 Å². The number of hydrogen-bond donors (Lipinski definition) is 3. The molecule has 3 heterocycles. The highest BCUT2D eigenvalue weighted by Crippen LogP contribution is 2.59. The van der Waals surface area contributed by atoms with Gasteiger partial charge in [-0.05, 0) is 19.3 Å². The van der Waals surface area contributed by atoms with Gasteiger partial charge in [0.05, 0.1) is 24.5 Å². The maximum atomic E-state index is 13.3. The summed E-state index contributed by atoms with van der Waals surface area (Å²) in [6.07, 6.45) is 2.63. The summed E-state index contributed by atoms with van der Waals surface area (Å²) < 4.78 is 6.28. The standard InChI is InChI=1S/C19H30BrN3O5/c1-3-5-7-22-17(26)15-19-10-11(20)14(28-19)12(16(25)21-6-4-2)13(19)18(27)23(15)8-9-24/h11-15,24H,3-10H2,1-2H3,(H,21,25)(H,22,26)/t11?,12-,13-,14-,15?,19?/m0/s1. The molecule has 9 heteroatoms. The second-order valence-electron chi connectivity index (χ2n) is 7.85. The maximum absolute atomic E-state index is 13.3. The van der Waals surface area contributed by atoms with Crippen molar-refractivity contribution in [3.8, 4) is 0 Å². The van der Waals surface area contributed by atoms with Crippen molar-refractivity contribution in [1.29, 1.82) is 0 Å². The summed E-state index contributed by atoms with van der Waals surface area (Å²) in [5.74, 6) is -2.08. The number of halogens is 1. The van der Waals surface area contributed by atoms with E-state index in [0.29, 0.717) is 19.5 Å². The van der Waals surface area contributed by atoms with Crippen LogP contribution in [-0.2, 0) is 19.1 Å². The highest BCUT2D eigenvalue weighted by Gasteiger charge is 2.76. The first-order chi connectivity index (χ1) is 13.4. The van der Waals surface area contributed by atoms with E-state index in [1.807, 2.05) is 13.8 Å². The number of nitrogens with one attached hydrogen (secondary N) is 2. The molecule has 3 fully saturated rings. The van der Waals surface area contributed by atoms with Crippen LogP contribution in [0.2, 0.25) is 0 Å². The molecule has 8 nitrogen and oxygen atoms in total. The normalized spacial score (nSPS) is 35.9. The van der Waals surface area contributed by atoms with Gasteiger partial charge in [-0.2, -0.15) is 0 Å². The Balaban J connectivity index is 1.92. The number of aliphatic hydroxyl groups excluding tert-OH is 1. The van der Waals surface area contributed by atoms with Gasteiger partial charge < -0.3 is 25.4 Å². The Bertz CT molecular complexity index is 633. The Hall–Kier alpha value is -1.19. The number of nitrogens with zero attached hydrogens (tertiary/aromatic N) is 1. The molecule has 3 N–H and O–H groups in total. The van der Waals surface area contributed by atoms with E-state index >= 15 is 0 Å². The third kappa shape index (κ3) is 3.35. The van der Waals surface area contributed by atoms with Crippen LogP contribution in [0.15, 0.2) is 0 Å². The molecule has 3 rings (SSSR count). The Morgan fingerprint density at radius 1 is 1.25 bits per heavy atom. The number of carbonyl (C=O) groups excluding carboxylic acids is 3. The number of unbranched alkanes of at least 4 members (excludes halogenated alkanes) is 1. The molecule has 0 saturated carbocycles. The number of fused-ring (bicyclic) bond motifs is 1. The fraction of sp³-hybridized carbons (Fsp3) is 0.842. The minimum Gasteiger partial charge on any atom is -0.395 e. The van der Waals surface area contributed by atoms with Gasteiger partial charge in [-0.3, -0.25) is 14.4 Å². The zero-order chi connectivity index (χ0) is 20.5. The van der Waals surface area contributed by atoms with Crippen LogP contribution in [0.4, 0.5) is 0 Å². The molecule has 3 unspecified atom stereocenters. The van der Waals surface area contributed by atoms with Crippen molar-refractivity contribution in [2.45, 2.75) is 62.1 Å². The van der Waals surface area contributed by atoms with Crippen molar-refractivity contribution in [2.24, 2.45) is 11.8 Å². The van der Waals surface area contributed by atoms with Gasteiger partial charge in [0.1, 0.15) is 11.6 Å². The number of likely N-dealkylation sites (tertiary alicyclic amines) is 1. The SMILES string of the molecule is CCCCNC(=O)C1N(CCO)C(=O)[C@@H]2[C@H](C(=O)NCCC)[C@H]3OC12CC3Br. The van der Waals surface area contributed by atoms with Gasteiger partial charge in [0.25, 0.3) is 0 Å². The van der Waals surface area contributed by atoms with Gasteiger partial charge >= 0.3 is 0 Å². The van der Waals surface area contributed by atoms with Gasteiger partial charge in [0, 0.05) is 24.5 Å². The van der Waals surface area contributed by atoms with Crippen molar-refractivity contribution in [3.05, 3.63) is 0 Å². The Kier molecular flexibility index (Phi) is 6.66. The largest absolute Gasteiger partial charge is 0.395 e. The van der Waals surface area contributed by atoms with Crippen LogP contribution in [0.1, 0.15) is 39.5 Å². The van der Waals surface area contributed by atoms with Gasteiger partial charge in [-0.15, -0.1) is 0 Å². The lowest BCUT2D eigenvalue weighted by Gasteiger charge is -2.34. The van der Waals surface area contributed by atoms with Gasteiger partial charge in [0.15, 0.2) is 0 Å². The molecule has 0 aromatic rings. The van der Waals surface area contributed by atoms with Crippen molar-refractivity contribution in [1.82, 2.24) is 15.5 Å². The second kappa shape index (κ2) is 8.67. The lowest BCUT2D eigenvalue weighted by atomic mass is 9.70. The van der Waals surface area contributed by atoms with Crippen LogP contribution in [-0.4, -0.2) is 76.5 Å². The zero-order valence-corrected chi connectivity index (χ0v) is 18.0. The molecule has 28 heavy (non-hydrogen) atoms. The molecule has 3 amide bonds. The zero-order valence-electron chi connectivity index (χ0n) is 16.4. The summed E-state index contributed by atoms with van der Waals surface area (Å²) >= 11 is 3.61. The number of carbonyl (C=O) groups is 3. The highest BCUT2D eigenvalue weighted by atomic mass is 79.9. The predicted molar refractivity (Wildman–Crippen MR) is 106 cm³/mol. The number of hydrogen-bond acceptors (Lipinski definition) is 5. The molecule has 158 valence electrons. The van der Waals surface area contributed by atoms with E-state index in [1.54, 1.807) is 0 Å². The molecule has 1 spiro atoms. The highest BCUT2D eigenvalue weighted by molar-refractivity contribution is 9.09. The van der Waals surface area contributed by atoms with Gasteiger partial charge in [-0.1, -0.05) is 36.2 Å². The van der Waals surface area contributed by atoms with E-state index in [-0.39, 0.29) is 35.7 Å². The number of β-amino-alcohol motifs (C(OH)–C–C–N with tert-alkyl or cyclic N) is 1. The number of rotatable bonds is 9. The van der Waals surface area contributed by atoms with E-state index < -0.39 is 29.6 Å². The Morgan fingerprint density at radius 2 is 1.96 bits per heavy atom. The van der Waals surface area contributed by atoms with E-state index in [1.165, 1.54) is 4.90 Å². The first-order valence-corrected chi connectivity index (χ1v) is 11.1. The van der Waals surface area contributed by atoms with E-state index in [4.69, 9.17) is 4.74 Å². The Morgan fingerprint density at radius 3 is 2.61 bits per heavy atom. The summed E-state index contributed by atoms with van der Waals surface area (Å²) in [5.41, 5.74) is -1.03. The number of alkyl halides is 1. The maximum Gasteiger partial charge on any atom is 0.245 e. The minimum atomic E-state index is -1.03. The topological polar surface area (TPSA) is 108 Å². The molecule has 3 saturated heterocycles. The average Bonchev–Trinajstić information content (AvgIpc) is 3.24.